The van der Waals surface area contributed by atoms with Crippen LogP contribution in [0.5, 0.6) is 0 Å². The van der Waals surface area contributed by atoms with Gasteiger partial charge in [0.1, 0.15) is 0 Å². The minimum Gasteiger partial charge on any atom is -0.341 e. The van der Waals surface area contributed by atoms with Crippen LogP contribution < -0.4 is 0 Å². The molecule has 1 fully saturated rings. The van der Waals surface area contributed by atoms with E-state index >= 15 is 0 Å². The van der Waals surface area contributed by atoms with Gasteiger partial charge in [0.25, 0.3) is 0 Å². The minimum atomic E-state index is -3.00. The van der Waals surface area contributed by atoms with Crippen molar-refractivity contribution < 1.29 is 13.2 Å². The molecule has 0 spiro atoms. The molecule has 3 aromatic rings. The molecule has 3 heterocycles. The van der Waals surface area contributed by atoms with Crippen LogP contribution in [0.4, 0.5) is 0 Å². The van der Waals surface area contributed by atoms with Crippen molar-refractivity contribution >= 4 is 54.0 Å². The summed E-state index contributed by atoms with van der Waals surface area (Å²) in [5.74, 6) is 0.333. The predicted molar refractivity (Wildman–Crippen MR) is 98.9 cm³/mol. The normalized spacial score (nSPS) is 19.6. The number of amides is 1. The lowest BCUT2D eigenvalue weighted by atomic mass is 10.2. The second kappa shape index (κ2) is 6.26. The van der Waals surface area contributed by atoms with Crippen LogP contribution in [0.1, 0.15) is 6.42 Å². The fourth-order valence-electron chi connectivity index (χ4n) is 2.96. The second-order valence-electron chi connectivity index (χ2n) is 6.02. The summed E-state index contributed by atoms with van der Waals surface area (Å²) >= 11 is 2.88. The first-order valence-corrected chi connectivity index (χ1v) is 11.4. The number of thiazole rings is 1. The van der Waals surface area contributed by atoms with Crippen molar-refractivity contribution in [3.05, 3.63) is 24.3 Å². The van der Waals surface area contributed by atoms with E-state index in [1.54, 1.807) is 23.3 Å². The van der Waals surface area contributed by atoms with Gasteiger partial charge in [-0.15, -0.1) is 10.2 Å². The summed E-state index contributed by atoms with van der Waals surface area (Å²) in [5.41, 5.74) is 1.03. The Labute approximate surface area is 152 Å². The minimum absolute atomic E-state index is 0.0598. The SMILES string of the molecule is CN(C(=O)CSc1nnc2sc3ccccc3n12)[C@@H]1CCS(=O)(=O)C1. The lowest BCUT2D eigenvalue weighted by Gasteiger charge is -2.23. The number of fused-ring (bicyclic) bond motifs is 3. The third-order valence-corrected chi connectivity index (χ3v) is 8.06. The van der Waals surface area contributed by atoms with Crippen LogP contribution in [0.3, 0.4) is 0 Å². The molecule has 7 nitrogen and oxygen atoms in total. The molecule has 1 atom stereocenters. The van der Waals surface area contributed by atoms with Crippen molar-refractivity contribution in [3.63, 3.8) is 0 Å². The van der Waals surface area contributed by atoms with Crippen LogP contribution in [0, 0.1) is 0 Å². The lowest BCUT2D eigenvalue weighted by molar-refractivity contribution is -0.128. The van der Waals surface area contributed by atoms with Gasteiger partial charge < -0.3 is 4.90 Å². The zero-order valence-electron chi connectivity index (χ0n) is 13.5. The molecule has 1 saturated heterocycles. The number of hydrogen-bond acceptors (Lipinski definition) is 7. The number of carbonyl (C=O) groups excluding carboxylic acids is 1. The fraction of sp³-hybridized carbons (Fsp3) is 0.400. The van der Waals surface area contributed by atoms with Crippen LogP contribution in [0.25, 0.3) is 15.2 Å². The van der Waals surface area contributed by atoms with Gasteiger partial charge in [-0.1, -0.05) is 35.2 Å². The smallest absolute Gasteiger partial charge is 0.233 e. The lowest BCUT2D eigenvalue weighted by Crippen LogP contribution is -2.38. The number of carbonyl (C=O) groups is 1. The highest BCUT2D eigenvalue weighted by Gasteiger charge is 2.32. The van der Waals surface area contributed by atoms with Gasteiger partial charge in [-0.25, -0.2) is 8.42 Å². The van der Waals surface area contributed by atoms with E-state index in [0.29, 0.717) is 11.6 Å². The maximum absolute atomic E-state index is 12.4. The van der Waals surface area contributed by atoms with E-state index in [2.05, 4.69) is 10.2 Å². The largest absolute Gasteiger partial charge is 0.341 e. The molecular formula is C15H16N4O3S3. The number of aromatic nitrogens is 3. The molecular weight excluding hydrogens is 380 g/mol. The second-order valence-corrected chi connectivity index (χ2v) is 10.2. The van der Waals surface area contributed by atoms with Crippen LogP contribution in [0.2, 0.25) is 0 Å². The van der Waals surface area contributed by atoms with Crippen LogP contribution in [-0.4, -0.2) is 64.2 Å². The molecule has 0 N–H and O–H groups in total. The molecule has 1 aliphatic rings. The summed E-state index contributed by atoms with van der Waals surface area (Å²) in [6.45, 7) is 0. The van der Waals surface area contributed by atoms with Crippen LogP contribution in [0.15, 0.2) is 29.4 Å². The number of benzene rings is 1. The number of thioether (sulfide) groups is 1. The topological polar surface area (TPSA) is 84.6 Å². The quantitative estimate of drug-likeness (QED) is 0.624. The molecule has 0 radical (unpaired) electrons. The number of nitrogens with zero attached hydrogens (tertiary/aromatic N) is 4. The Bertz CT molecular complexity index is 1060. The van der Waals surface area contributed by atoms with Crippen molar-refractivity contribution in [2.45, 2.75) is 17.6 Å². The standard InChI is InChI=1S/C15H16N4O3S3/c1-18(10-6-7-25(21,22)9-10)13(20)8-23-14-16-17-15-19(14)11-4-2-3-5-12(11)24-15/h2-5,10H,6-9H2,1H3/t10-/m1/s1. The van der Waals surface area contributed by atoms with Gasteiger partial charge in [-0.3, -0.25) is 9.20 Å². The Balaban J connectivity index is 1.49. The van der Waals surface area contributed by atoms with Crippen LogP contribution >= 0.6 is 23.1 Å². The summed E-state index contributed by atoms with van der Waals surface area (Å²) in [6.07, 6.45) is 0.513. The van der Waals surface area contributed by atoms with Gasteiger partial charge in [-0.05, 0) is 18.6 Å². The summed E-state index contributed by atoms with van der Waals surface area (Å²) in [6, 6.07) is 7.75. The molecule has 10 heteroatoms. The van der Waals surface area contributed by atoms with Gasteiger partial charge >= 0.3 is 0 Å². The molecule has 0 saturated carbocycles. The number of sulfone groups is 1. The Hall–Kier alpha value is -1.65. The predicted octanol–water partition coefficient (Wildman–Crippen LogP) is 1.68. The molecule has 0 unspecified atom stereocenters. The van der Waals surface area contributed by atoms with Crippen molar-refractivity contribution in [2.75, 3.05) is 24.3 Å². The van der Waals surface area contributed by atoms with Gasteiger partial charge in [-0.2, -0.15) is 0 Å². The molecule has 2 aromatic heterocycles. The number of rotatable bonds is 4. The molecule has 1 aliphatic heterocycles. The third kappa shape index (κ3) is 3.13. The van der Waals surface area contributed by atoms with Gasteiger partial charge in [0.2, 0.25) is 10.9 Å². The maximum atomic E-state index is 12.4. The highest BCUT2D eigenvalue weighted by Crippen LogP contribution is 2.29. The summed E-state index contributed by atoms with van der Waals surface area (Å²) in [7, 11) is -1.33. The van der Waals surface area contributed by atoms with Crippen molar-refractivity contribution in [2.24, 2.45) is 0 Å². The molecule has 0 aliphatic carbocycles. The van der Waals surface area contributed by atoms with Crippen LogP contribution in [-0.2, 0) is 14.6 Å². The first-order valence-electron chi connectivity index (χ1n) is 7.76. The van der Waals surface area contributed by atoms with Crippen molar-refractivity contribution in [3.8, 4) is 0 Å². The van der Waals surface area contributed by atoms with Gasteiger partial charge in [0.05, 0.1) is 27.5 Å². The van der Waals surface area contributed by atoms with E-state index < -0.39 is 9.84 Å². The van der Waals surface area contributed by atoms with E-state index in [0.717, 1.165) is 15.2 Å². The highest BCUT2D eigenvalue weighted by molar-refractivity contribution is 7.99. The molecule has 0 bridgehead atoms. The molecule has 1 aromatic carbocycles. The first-order chi connectivity index (χ1) is 11.9. The van der Waals surface area contributed by atoms with E-state index in [1.807, 2.05) is 28.7 Å². The summed E-state index contributed by atoms with van der Waals surface area (Å²) in [5, 5.41) is 9.03. The third-order valence-electron chi connectivity index (χ3n) is 4.39. The number of para-hydroxylation sites is 1. The Morgan fingerprint density at radius 1 is 1.40 bits per heavy atom. The monoisotopic (exact) mass is 396 g/mol. The Kier molecular flexibility index (Phi) is 4.20. The van der Waals surface area contributed by atoms with Gasteiger partial charge in [0.15, 0.2) is 15.0 Å². The van der Waals surface area contributed by atoms with Crippen molar-refractivity contribution in [1.82, 2.24) is 19.5 Å². The average molecular weight is 397 g/mol. The average Bonchev–Trinajstić information content (AvgIpc) is 3.25. The van der Waals surface area contributed by atoms with Gasteiger partial charge in [0, 0.05) is 13.1 Å². The summed E-state index contributed by atoms with van der Waals surface area (Å²) in [4.78, 5) is 14.8. The Morgan fingerprint density at radius 2 is 2.20 bits per heavy atom. The maximum Gasteiger partial charge on any atom is 0.233 e. The zero-order valence-corrected chi connectivity index (χ0v) is 15.9. The van der Waals surface area contributed by atoms with E-state index in [1.165, 1.54) is 11.8 Å². The molecule has 1 amide bonds. The number of hydrogen-bond donors (Lipinski definition) is 0. The summed E-state index contributed by atoms with van der Waals surface area (Å²) < 4.78 is 26.3. The highest BCUT2D eigenvalue weighted by atomic mass is 32.2. The first kappa shape index (κ1) is 16.8. The van der Waals surface area contributed by atoms with Crippen molar-refractivity contribution in [1.29, 1.82) is 0 Å². The van der Waals surface area contributed by atoms with E-state index in [4.69, 9.17) is 0 Å². The van der Waals surface area contributed by atoms with E-state index in [-0.39, 0.29) is 29.2 Å². The zero-order chi connectivity index (χ0) is 17.6. The van der Waals surface area contributed by atoms with E-state index in [9.17, 15) is 13.2 Å². The molecule has 4 rings (SSSR count). The molecule has 132 valence electrons. The molecule has 25 heavy (non-hydrogen) atoms. The Morgan fingerprint density at radius 3 is 2.96 bits per heavy atom. The fourth-order valence-corrected chi connectivity index (χ4v) is 6.63.